The second-order valence-electron chi connectivity index (χ2n) is 3.66. The summed E-state index contributed by atoms with van der Waals surface area (Å²) >= 11 is 0. The molecule has 0 aliphatic carbocycles. The smallest absolute Gasteiger partial charge is 0.128 e. The first-order valence-corrected chi connectivity index (χ1v) is 5.12. The van der Waals surface area contributed by atoms with E-state index in [0.717, 1.165) is 6.07 Å². The predicted molar refractivity (Wildman–Crippen MR) is 63.6 cm³/mol. The molecule has 0 radical (unpaired) electrons. The van der Waals surface area contributed by atoms with Crippen LogP contribution < -0.4 is 0 Å². The zero-order valence-electron chi connectivity index (χ0n) is 9.21. The number of phenolic OH excluding ortho intramolecular Hbond substituents is 2. The Bertz CT molecular complexity index is 594. The lowest BCUT2D eigenvalue weighted by molar-refractivity contribution is 0.319. The topological polar surface area (TPSA) is 73.1 Å². The van der Waals surface area contributed by atoms with Gasteiger partial charge in [-0.05, 0) is 36.4 Å². The van der Waals surface area contributed by atoms with Gasteiger partial charge in [0, 0.05) is 17.2 Å². The lowest BCUT2D eigenvalue weighted by atomic mass is 10.0. The number of rotatable bonds is 2. The molecule has 0 fully saturated rings. The number of benzene rings is 2. The van der Waals surface area contributed by atoms with Gasteiger partial charge in [0.1, 0.15) is 23.0 Å². The highest BCUT2D eigenvalue weighted by Crippen LogP contribution is 2.25. The summed E-state index contributed by atoms with van der Waals surface area (Å²) in [6, 6.07) is 9.18. The maximum absolute atomic E-state index is 12.8. The van der Waals surface area contributed by atoms with Crippen LogP contribution in [-0.2, 0) is 0 Å². The summed E-state index contributed by atoms with van der Waals surface area (Å²) in [5.41, 5.74) is 0.772. The molecule has 4 nitrogen and oxygen atoms in total. The van der Waals surface area contributed by atoms with Crippen LogP contribution in [-0.4, -0.2) is 21.1 Å². The fraction of sp³-hybridized carbons (Fsp3) is 0. The molecule has 0 atom stereocenters. The van der Waals surface area contributed by atoms with E-state index in [4.69, 9.17) is 5.21 Å². The number of halogens is 1. The minimum absolute atomic E-state index is 0.0903. The van der Waals surface area contributed by atoms with Crippen LogP contribution in [0, 0.1) is 5.82 Å². The Morgan fingerprint density at radius 1 is 1.00 bits per heavy atom. The van der Waals surface area contributed by atoms with Crippen LogP contribution in [0.3, 0.4) is 0 Å². The van der Waals surface area contributed by atoms with Crippen LogP contribution in [0.15, 0.2) is 47.6 Å². The number of phenols is 2. The maximum Gasteiger partial charge on any atom is 0.128 e. The van der Waals surface area contributed by atoms with Gasteiger partial charge in [-0.1, -0.05) is 5.16 Å². The van der Waals surface area contributed by atoms with Crippen molar-refractivity contribution in [3.63, 3.8) is 0 Å². The van der Waals surface area contributed by atoms with Gasteiger partial charge < -0.3 is 15.4 Å². The monoisotopic (exact) mass is 247 g/mol. The molecule has 2 aromatic carbocycles. The normalized spacial score (nSPS) is 11.5. The fourth-order valence-corrected chi connectivity index (χ4v) is 1.60. The zero-order chi connectivity index (χ0) is 13.1. The zero-order valence-corrected chi connectivity index (χ0v) is 9.21. The van der Waals surface area contributed by atoms with Crippen molar-refractivity contribution in [2.45, 2.75) is 0 Å². The van der Waals surface area contributed by atoms with Crippen molar-refractivity contribution < 1.29 is 19.8 Å². The minimum atomic E-state index is -0.411. The van der Waals surface area contributed by atoms with Crippen molar-refractivity contribution in [2.24, 2.45) is 5.16 Å². The van der Waals surface area contributed by atoms with E-state index in [2.05, 4.69) is 5.16 Å². The molecule has 0 aliphatic heterocycles. The van der Waals surface area contributed by atoms with Crippen LogP contribution in [0.25, 0.3) is 0 Å². The van der Waals surface area contributed by atoms with Gasteiger partial charge in [-0.3, -0.25) is 0 Å². The highest BCUT2D eigenvalue weighted by Gasteiger charge is 2.12. The van der Waals surface area contributed by atoms with E-state index in [9.17, 15) is 14.6 Å². The van der Waals surface area contributed by atoms with E-state index in [1.807, 2.05) is 0 Å². The average Bonchev–Trinajstić information content (AvgIpc) is 2.35. The van der Waals surface area contributed by atoms with E-state index >= 15 is 0 Å². The molecule has 2 rings (SSSR count). The third-order valence-corrected chi connectivity index (χ3v) is 2.45. The summed E-state index contributed by atoms with van der Waals surface area (Å²) in [6.07, 6.45) is 0. The largest absolute Gasteiger partial charge is 0.508 e. The molecular formula is C13H10FNO3. The minimum Gasteiger partial charge on any atom is -0.508 e. The molecule has 92 valence electrons. The van der Waals surface area contributed by atoms with Gasteiger partial charge in [0.05, 0.1) is 0 Å². The van der Waals surface area contributed by atoms with Gasteiger partial charge in [0.2, 0.25) is 0 Å². The Morgan fingerprint density at radius 2 is 1.67 bits per heavy atom. The summed E-state index contributed by atoms with van der Waals surface area (Å²) in [6.45, 7) is 0. The van der Waals surface area contributed by atoms with Crippen molar-refractivity contribution >= 4 is 5.71 Å². The summed E-state index contributed by atoms with van der Waals surface area (Å²) in [7, 11) is 0. The summed E-state index contributed by atoms with van der Waals surface area (Å²) in [5, 5.41) is 31.0. The second kappa shape index (κ2) is 4.75. The van der Waals surface area contributed by atoms with Crippen molar-refractivity contribution in [1.29, 1.82) is 0 Å². The van der Waals surface area contributed by atoms with Crippen molar-refractivity contribution in [2.75, 3.05) is 0 Å². The molecule has 0 amide bonds. The Kier molecular flexibility index (Phi) is 3.14. The molecule has 18 heavy (non-hydrogen) atoms. The number of nitrogens with zero attached hydrogens (tertiary/aromatic N) is 1. The van der Waals surface area contributed by atoms with Crippen molar-refractivity contribution in [1.82, 2.24) is 0 Å². The number of hydrogen-bond donors (Lipinski definition) is 3. The van der Waals surface area contributed by atoms with Crippen LogP contribution in [0.4, 0.5) is 4.39 Å². The molecule has 0 aliphatic rings. The molecule has 0 heterocycles. The Balaban J connectivity index is 2.49. The highest BCUT2D eigenvalue weighted by molar-refractivity contribution is 6.14. The first-order valence-electron chi connectivity index (χ1n) is 5.12. The van der Waals surface area contributed by atoms with E-state index < -0.39 is 5.82 Å². The summed E-state index contributed by atoms with van der Waals surface area (Å²) in [5.74, 6) is -0.745. The first kappa shape index (κ1) is 11.9. The Labute approximate surface area is 102 Å². The molecule has 3 N–H and O–H groups in total. The predicted octanol–water partition coefficient (Wildman–Crippen LogP) is 2.46. The molecule has 0 unspecified atom stereocenters. The van der Waals surface area contributed by atoms with E-state index in [1.165, 1.54) is 36.4 Å². The first-order chi connectivity index (χ1) is 8.61. The molecule has 0 saturated heterocycles. The van der Waals surface area contributed by atoms with Crippen LogP contribution in [0.5, 0.6) is 11.5 Å². The van der Waals surface area contributed by atoms with Gasteiger partial charge in [0.25, 0.3) is 0 Å². The highest BCUT2D eigenvalue weighted by atomic mass is 19.1. The SMILES string of the molecule is O/N=C(/c1ccc(F)cc1)c1ccc(O)cc1O. The maximum atomic E-state index is 12.8. The fourth-order valence-electron chi connectivity index (χ4n) is 1.60. The molecule has 0 bridgehead atoms. The third kappa shape index (κ3) is 2.24. The lowest BCUT2D eigenvalue weighted by Crippen LogP contribution is -2.03. The van der Waals surface area contributed by atoms with Gasteiger partial charge >= 0.3 is 0 Å². The van der Waals surface area contributed by atoms with Crippen LogP contribution in [0.2, 0.25) is 0 Å². The lowest BCUT2D eigenvalue weighted by Gasteiger charge is -2.07. The number of aromatic hydroxyl groups is 2. The molecule has 0 saturated carbocycles. The van der Waals surface area contributed by atoms with E-state index in [1.54, 1.807) is 0 Å². The molecule has 0 spiro atoms. The molecule has 0 aromatic heterocycles. The average molecular weight is 247 g/mol. The number of hydrogen-bond acceptors (Lipinski definition) is 4. The van der Waals surface area contributed by atoms with E-state index in [0.29, 0.717) is 5.56 Å². The number of oxime groups is 1. The van der Waals surface area contributed by atoms with Crippen molar-refractivity contribution in [3.8, 4) is 11.5 Å². The standard InChI is InChI=1S/C13H10FNO3/c14-9-3-1-8(2-4-9)13(15-18)11-6-5-10(16)7-12(11)17/h1-7,16-18H/b15-13-. The Hall–Kier alpha value is -2.56. The third-order valence-electron chi connectivity index (χ3n) is 2.45. The molecule has 5 heteroatoms. The summed E-state index contributed by atoms with van der Waals surface area (Å²) < 4.78 is 12.8. The van der Waals surface area contributed by atoms with Crippen LogP contribution in [0.1, 0.15) is 11.1 Å². The molecular weight excluding hydrogens is 237 g/mol. The van der Waals surface area contributed by atoms with Gasteiger partial charge in [-0.2, -0.15) is 0 Å². The second-order valence-corrected chi connectivity index (χ2v) is 3.66. The van der Waals surface area contributed by atoms with Crippen LogP contribution >= 0.6 is 0 Å². The van der Waals surface area contributed by atoms with Crippen molar-refractivity contribution in [3.05, 3.63) is 59.4 Å². The van der Waals surface area contributed by atoms with Gasteiger partial charge in [0.15, 0.2) is 0 Å². The Morgan fingerprint density at radius 3 is 2.22 bits per heavy atom. The quantitative estimate of drug-likeness (QED) is 0.433. The molecule has 2 aromatic rings. The van der Waals surface area contributed by atoms with E-state index in [-0.39, 0.29) is 22.8 Å². The van der Waals surface area contributed by atoms with Gasteiger partial charge in [-0.25, -0.2) is 4.39 Å². The summed E-state index contributed by atoms with van der Waals surface area (Å²) in [4.78, 5) is 0. The van der Waals surface area contributed by atoms with Gasteiger partial charge in [-0.15, -0.1) is 0 Å².